The molecule has 8 heteroatoms. The summed E-state index contributed by atoms with van der Waals surface area (Å²) in [5.41, 5.74) is 1.30. The van der Waals surface area contributed by atoms with Crippen molar-refractivity contribution in [2.24, 2.45) is 0 Å². The highest BCUT2D eigenvalue weighted by Crippen LogP contribution is 2.30. The molecule has 0 saturated heterocycles. The van der Waals surface area contributed by atoms with Crippen LogP contribution in [0.4, 0.5) is 0 Å². The molecule has 0 radical (unpaired) electrons. The summed E-state index contributed by atoms with van der Waals surface area (Å²) in [6.07, 6.45) is -1.06. The van der Waals surface area contributed by atoms with Gasteiger partial charge in [0.2, 0.25) is 10.0 Å². The van der Waals surface area contributed by atoms with Crippen LogP contribution in [-0.4, -0.2) is 40.9 Å². The van der Waals surface area contributed by atoms with Crippen molar-refractivity contribution in [3.8, 4) is 17.2 Å². The molecule has 148 valence electrons. The highest BCUT2D eigenvalue weighted by molar-refractivity contribution is 7.89. The van der Waals surface area contributed by atoms with Crippen molar-refractivity contribution in [2.75, 3.05) is 27.4 Å². The summed E-state index contributed by atoms with van der Waals surface area (Å²) >= 11 is 0. The van der Waals surface area contributed by atoms with E-state index in [-0.39, 0.29) is 17.2 Å². The van der Waals surface area contributed by atoms with Gasteiger partial charge in [0.1, 0.15) is 10.6 Å². The van der Waals surface area contributed by atoms with Crippen molar-refractivity contribution in [3.63, 3.8) is 0 Å². The number of hydrogen-bond acceptors (Lipinski definition) is 6. The van der Waals surface area contributed by atoms with E-state index in [2.05, 4.69) is 4.72 Å². The zero-order chi connectivity index (χ0) is 20.0. The minimum absolute atomic E-state index is 0.0452. The van der Waals surface area contributed by atoms with Gasteiger partial charge in [-0.1, -0.05) is 12.1 Å². The highest BCUT2D eigenvalue weighted by Gasteiger charge is 2.22. The van der Waals surface area contributed by atoms with Gasteiger partial charge in [-0.05, 0) is 49.2 Å². The molecule has 2 N–H and O–H groups in total. The van der Waals surface area contributed by atoms with E-state index in [4.69, 9.17) is 14.2 Å². The van der Waals surface area contributed by atoms with Crippen molar-refractivity contribution < 1.29 is 27.7 Å². The summed E-state index contributed by atoms with van der Waals surface area (Å²) in [6, 6.07) is 9.85. The van der Waals surface area contributed by atoms with Crippen LogP contribution < -0.4 is 18.9 Å². The molecule has 0 saturated carbocycles. The molecule has 2 aromatic rings. The number of methoxy groups -OCH3 is 2. The van der Waals surface area contributed by atoms with E-state index in [1.54, 1.807) is 44.2 Å². The van der Waals surface area contributed by atoms with Gasteiger partial charge in [-0.2, -0.15) is 0 Å². The van der Waals surface area contributed by atoms with Crippen LogP contribution in [0.25, 0.3) is 0 Å². The van der Waals surface area contributed by atoms with E-state index in [1.807, 2.05) is 0 Å². The lowest BCUT2D eigenvalue weighted by Gasteiger charge is -2.16. The summed E-state index contributed by atoms with van der Waals surface area (Å²) < 4.78 is 43.6. The van der Waals surface area contributed by atoms with Crippen molar-refractivity contribution in [1.29, 1.82) is 0 Å². The van der Waals surface area contributed by atoms with Gasteiger partial charge in [-0.15, -0.1) is 0 Å². The minimum atomic E-state index is -3.86. The second-order valence-electron chi connectivity index (χ2n) is 5.87. The Morgan fingerprint density at radius 1 is 1.04 bits per heavy atom. The lowest BCUT2D eigenvalue weighted by Crippen LogP contribution is -2.29. The van der Waals surface area contributed by atoms with Crippen LogP contribution in [0.15, 0.2) is 41.3 Å². The summed E-state index contributed by atoms with van der Waals surface area (Å²) in [5.74, 6) is 1.25. The summed E-state index contributed by atoms with van der Waals surface area (Å²) in [6.45, 7) is 3.73. The first-order valence-corrected chi connectivity index (χ1v) is 9.93. The van der Waals surface area contributed by atoms with E-state index in [0.717, 1.165) is 5.56 Å². The zero-order valence-corrected chi connectivity index (χ0v) is 16.7. The lowest BCUT2D eigenvalue weighted by atomic mass is 10.1. The molecule has 0 fully saturated rings. The predicted molar refractivity (Wildman–Crippen MR) is 102 cm³/mol. The smallest absolute Gasteiger partial charge is 0.244 e. The average molecular weight is 395 g/mol. The number of benzene rings is 2. The Balaban J connectivity index is 2.19. The lowest BCUT2D eigenvalue weighted by molar-refractivity contribution is 0.181. The Labute approximate surface area is 159 Å². The van der Waals surface area contributed by atoms with Gasteiger partial charge in [-0.3, -0.25) is 0 Å². The molecular weight excluding hydrogens is 370 g/mol. The highest BCUT2D eigenvalue weighted by atomic mass is 32.2. The van der Waals surface area contributed by atoms with Crippen LogP contribution in [0, 0.1) is 6.92 Å². The first kappa shape index (κ1) is 21.0. The third-order valence-corrected chi connectivity index (χ3v) is 5.39. The van der Waals surface area contributed by atoms with E-state index in [0.29, 0.717) is 23.7 Å². The second kappa shape index (κ2) is 9.07. The van der Waals surface area contributed by atoms with Gasteiger partial charge in [0.25, 0.3) is 0 Å². The Morgan fingerprint density at radius 2 is 1.70 bits per heavy atom. The number of hydrogen-bond donors (Lipinski definition) is 2. The van der Waals surface area contributed by atoms with Crippen molar-refractivity contribution in [1.82, 2.24) is 4.72 Å². The SMILES string of the molecule is CCOc1ccc(C)cc1S(=O)(=O)NC[C@H](O)c1ccc(OC)c(OC)c1. The maximum atomic E-state index is 12.7. The molecule has 0 aliphatic rings. The molecule has 0 bridgehead atoms. The molecule has 0 spiro atoms. The van der Waals surface area contributed by atoms with E-state index < -0.39 is 16.1 Å². The first-order valence-electron chi connectivity index (χ1n) is 8.45. The van der Waals surface area contributed by atoms with Gasteiger partial charge < -0.3 is 19.3 Å². The van der Waals surface area contributed by atoms with Crippen molar-refractivity contribution >= 4 is 10.0 Å². The van der Waals surface area contributed by atoms with Crippen molar-refractivity contribution in [3.05, 3.63) is 47.5 Å². The molecule has 0 unspecified atom stereocenters. The second-order valence-corrected chi connectivity index (χ2v) is 7.60. The van der Waals surface area contributed by atoms with Gasteiger partial charge >= 0.3 is 0 Å². The molecule has 1 atom stereocenters. The largest absolute Gasteiger partial charge is 0.493 e. The number of aliphatic hydroxyl groups excluding tert-OH is 1. The van der Waals surface area contributed by atoms with Gasteiger partial charge in [0.15, 0.2) is 11.5 Å². The van der Waals surface area contributed by atoms with E-state index >= 15 is 0 Å². The quantitative estimate of drug-likeness (QED) is 0.677. The normalized spacial score (nSPS) is 12.5. The Bertz CT molecular complexity index is 882. The maximum Gasteiger partial charge on any atom is 0.244 e. The van der Waals surface area contributed by atoms with Gasteiger partial charge in [0.05, 0.1) is 26.9 Å². The molecule has 2 rings (SSSR count). The number of aryl methyl sites for hydroxylation is 1. The number of sulfonamides is 1. The summed E-state index contributed by atoms with van der Waals surface area (Å²) in [7, 11) is -0.855. The zero-order valence-electron chi connectivity index (χ0n) is 15.9. The van der Waals surface area contributed by atoms with Crippen LogP contribution >= 0.6 is 0 Å². The van der Waals surface area contributed by atoms with Crippen LogP contribution in [-0.2, 0) is 10.0 Å². The van der Waals surface area contributed by atoms with E-state index in [9.17, 15) is 13.5 Å². The number of rotatable bonds is 9. The van der Waals surface area contributed by atoms with Gasteiger partial charge in [0, 0.05) is 6.54 Å². The predicted octanol–water partition coefficient (Wildman–Crippen LogP) is 2.42. The maximum absolute atomic E-state index is 12.7. The molecule has 0 aliphatic heterocycles. The summed E-state index contributed by atoms with van der Waals surface area (Å²) in [5, 5.41) is 10.4. The fraction of sp³-hybridized carbons (Fsp3) is 0.368. The number of aliphatic hydroxyl groups is 1. The topological polar surface area (TPSA) is 94.1 Å². The van der Waals surface area contributed by atoms with Crippen LogP contribution in [0.3, 0.4) is 0 Å². The molecule has 2 aromatic carbocycles. The van der Waals surface area contributed by atoms with Gasteiger partial charge in [-0.25, -0.2) is 13.1 Å². The van der Waals surface area contributed by atoms with Crippen molar-refractivity contribution in [2.45, 2.75) is 24.8 Å². The Hall–Kier alpha value is -2.29. The molecular formula is C19H25NO6S. The van der Waals surface area contributed by atoms with Crippen LogP contribution in [0.5, 0.6) is 17.2 Å². The third-order valence-electron chi connectivity index (χ3n) is 3.95. The van der Waals surface area contributed by atoms with Crippen LogP contribution in [0.1, 0.15) is 24.2 Å². The molecule has 0 heterocycles. The Morgan fingerprint density at radius 3 is 2.33 bits per heavy atom. The molecule has 7 nitrogen and oxygen atoms in total. The van der Waals surface area contributed by atoms with Crippen LogP contribution in [0.2, 0.25) is 0 Å². The third kappa shape index (κ3) is 5.12. The summed E-state index contributed by atoms with van der Waals surface area (Å²) in [4.78, 5) is 0.0452. The molecule has 0 amide bonds. The Kier molecular flexibility index (Phi) is 7.06. The molecule has 0 aliphatic carbocycles. The average Bonchev–Trinajstić information content (AvgIpc) is 2.67. The molecule has 27 heavy (non-hydrogen) atoms. The first-order chi connectivity index (χ1) is 12.8. The number of ether oxygens (including phenoxy) is 3. The number of nitrogens with one attached hydrogen (secondary N) is 1. The van der Waals surface area contributed by atoms with E-state index in [1.165, 1.54) is 20.3 Å². The standard InChI is InChI=1S/C19H25NO6S/c1-5-26-17-8-6-13(2)10-19(17)27(22,23)20-12-15(21)14-7-9-16(24-3)18(11-14)25-4/h6-11,15,20-21H,5,12H2,1-4H3/t15-/m0/s1. The fourth-order valence-electron chi connectivity index (χ4n) is 2.54. The monoisotopic (exact) mass is 395 g/mol. The fourth-order valence-corrected chi connectivity index (χ4v) is 3.81. The minimum Gasteiger partial charge on any atom is -0.493 e. The molecule has 0 aromatic heterocycles.